The smallest absolute Gasteiger partial charge is 0.360 e. The van der Waals surface area contributed by atoms with Crippen LogP contribution >= 0.6 is 0 Å². The maximum absolute atomic E-state index is 12.7. The number of oxazole rings is 1. The molecule has 0 saturated heterocycles. The Morgan fingerprint density at radius 1 is 1.30 bits per heavy atom. The summed E-state index contributed by atoms with van der Waals surface area (Å²) in [6.45, 7) is 2.14. The van der Waals surface area contributed by atoms with E-state index >= 15 is 0 Å². The molecule has 0 N–H and O–H groups in total. The van der Waals surface area contributed by atoms with Crippen LogP contribution in [0.3, 0.4) is 0 Å². The molecule has 23 heavy (non-hydrogen) atoms. The first-order valence-electron chi connectivity index (χ1n) is 7.07. The van der Waals surface area contributed by atoms with Crippen LogP contribution in [-0.2, 0) is 21.3 Å². The third-order valence-corrected chi connectivity index (χ3v) is 4.97. The van der Waals surface area contributed by atoms with Gasteiger partial charge >= 0.3 is 5.97 Å². The first-order chi connectivity index (χ1) is 11.0. The Bertz CT molecular complexity index is 755. The van der Waals surface area contributed by atoms with E-state index in [0.29, 0.717) is 13.0 Å². The number of carbonyl (C=O) groups excluding carboxylic acids is 1. The summed E-state index contributed by atoms with van der Waals surface area (Å²) in [6.07, 6.45) is 1.79. The number of nitrogens with zero attached hydrogens (tertiary/aromatic N) is 2. The summed E-state index contributed by atoms with van der Waals surface area (Å²) in [6, 6.07) is 8.15. The number of carbonyl (C=O) groups is 1. The van der Waals surface area contributed by atoms with Gasteiger partial charge in [-0.25, -0.2) is 18.2 Å². The van der Waals surface area contributed by atoms with E-state index in [1.807, 2.05) is 6.92 Å². The van der Waals surface area contributed by atoms with Gasteiger partial charge in [0.25, 0.3) is 0 Å². The standard InChI is InChI=1S/C15H18N2O5S/c1-3-9-17(23(19,20)12-7-5-4-6-8-12)10-14-16-13(11-22-14)15(18)21-2/h4-8,11H,3,9-10H2,1-2H3. The lowest BCUT2D eigenvalue weighted by atomic mass is 10.4. The van der Waals surface area contributed by atoms with E-state index in [1.54, 1.807) is 18.2 Å². The summed E-state index contributed by atoms with van der Waals surface area (Å²) in [5.74, 6) is -0.494. The number of hydrogen-bond donors (Lipinski definition) is 0. The SMILES string of the molecule is CCCN(Cc1nc(C(=O)OC)co1)S(=O)(=O)c1ccccc1. The molecule has 0 radical (unpaired) electrons. The van der Waals surface area contributed by atoms with Gasteiger partial charge in [0.1, 0.15) is 6.26 Å². The lowest BCUT2D eigenvalue weighted by Gasteiger charge is -2.20. The number of benzene rings is 1. The Kier molecular flexibility index (Phi) is 5.51. The van der Waals surface area contributed by atoms with Crippen LogP contribution in [0.1, 0.15) is 29.7 Å². The molecular weight excluding hydrogens is 320 g/mol. The van der Waals surface area contributed by atoms with Crippen LogP contribution in [-0.4, -0.2) is 37.3 Å². The average molecular weight is 338 g/mol. The predicted octanol–water partition coefficient (Wildman–Crippen LogP) is 2.06. The highest BCUT2D eigenvalue weighted by molar-refractivity contribution is 7.89. The van der Waals surface area contributed by atoms with Crippen molar-refractivity contribution in [2.45, 2.75) is 24.8 Å². The molecule has 2 rings (SSSR count). The van der Waals surface area contributed by atoms with Crippen molar-refractivity contribution in [1.82, 2.24) is 9.29 Å². The number of hydrogen-bond acceptors (Lipinski definition) is 6. The van der Waals surface area contributed by atoms with Crippen LogP contribution in [0, 0.1) is 0 Å². The predicted molar refractivity (Wildman–Crippen MR) is 82.2 cm³/mol. The molecule has 124 valence electrons. The fraction of sp³-hybridized carbons (Fsp3) is 0.333. The second-order valence-electron chi connectivity index (χ2n) is 4.77. The number of sulfonamides is 1. The zero-order valence-corrected chi connectivity index (χ0v) is 13.7. The highest BCUT2D eigenvalue weighted by atomic mass is 32.2. The number of rotatable bonds is 7. The van der Waals surface area contributed by atoms with Crippen LogP contribution in [0.15, 0.2) is 45.9 Å². The summed E-state index contributed by atoms with van der Waals surface area (Å²) >= 11 is 0. The second kappa shape index (κ2) is 7.38. The van der Waals surface area contributed by atoms with Crippen molar-refractivity contribution < 1.29 is 22.4 Å². The van der Waals surface area contributed by atoms with Crippen LogP contribution in [0.5, 0.6) is 0 Å². The van der Waals surface area contributed by atoms with E-state index in [4.69, 9.17) is 4.42 Å². The first kappa shape index (κ1) is 17.2. The minimum Gasteiger partial charge on any atom is -0.464 e. The Hall–Kier alpha value is -2.19. The van der Waals surface area contributed by atoms with Gasteiger partial charge < -0.3 is 9.15 Å². The molecule has 0 spiro atoms. The monoisotopic (exact) mass is 338 g/mol. The number of aromatic nitrogens is 1. The van der Waals surface area contributed by atoms with Crippen molar-refractivity contribution in [3.8, 4) is 0 Å². The lowest BCUT2D eigenvalue weighted by molar-refractivity contribution is 0.0594. The molecule has 0 aliphatic heterocycles. The highest BCUT2D eigenvalue weighted by Crippen LogP contribution is 2.18. The van der Waals surface area contributed by atoms with Crippen LogP contribution in [0.2, 0.25) is 0 Å². The van der Waals surface area contributed by atoms with E-state index in [-0.39, 0.29) is 23.0 Å². The van der Waals surface area contributed by atoms with E-state index in [0.717, 1.165) is 6.26 Å². The normalized spacial score (nSPS) is 11.6. The molecule has 1 aromatic carbocycles. The molecule has 0 amide bonds. The molecule has 0 aliphatic carbocycles. The molecule has 0 fully saturated rings. The van der Waals surface area contributed by atoms with E-state index < -0.39 is 16.0 Å². The number of methoxy groups -OCH3 is 1. The van der Waals surface area contributed by atoms with Gasteiger partial charge in [-0.3, -0.25) is 0 Å². The Morgan fingerprint density at radius 3 is 2.61 bits per heavy atom. The van der Waals surface area contributed by atoms with Crippen molar-refractivity contribution in [3.05, 3.63) is 48.2 Å². The molecule has 0 saturated carbocycles. The minimum absolute atomic E-state index is 0.0102. The quantitative estimate of drug-likeness (QED) is 0.718. The fourth-order valence-electron chi connectivity index (χ4n) is 2.01. The molecule has 0 unspecified atom stereocenters. The van der Waals surface area contributed by atoms with Crippen molar-refractivity contribution in [2.75, 3.05) is 13.7 Å². The summed E-state index contributed by atoms with van der Waals surface area (Å²) in [7, 11) is -2.42. The third kappa shape index (κ3) is 3.96. The summed E-state index contributed by atoms with van der Waals surface area (Å²) in [4.78, 5) is 15.5. The molecule has 0 atom stereocenters. The largest absolute Gasteiger partial charge is 0.464 e. The van der Waals surface area contributed by atoms with Gasteiger partial charge in [0.05, 0.1) is 18.6 Å². The Balaban J connectivity index is 2.25. The highest BCUT2D eigenvalue weighted by Gasteiger charge is 2.26. The van der Waals surface area contributed by atoms with Gasteiger partial charge in [-0.1, -0.05) is 25.1 Å². The van der Waals surface area contributed by atoms with Gasteiger partial charge in [0.15, 0.2) is 5.69 Å². The molecular formula is C15H18N2O5S. The zero-order chi connectivity index (χ0) is 16.9. The summed E-state index contributed by atoms with van der Waals surface area (Å²) in [5.41, 5.74) is 0.0102. The van der Waals surface area contributed by atoms with Crippen LogP contribution in [0.25, 0.3) is 0 Å². The second-order valence-corrected chi connectivity index (χ2v) is 6.71. The van der Waals surface area contributed by atoms with Crippen molar-refractivity contribution in [2.24, 2.45) is 0 Å². The molecule has 0 aliphatic rings. The summed E-state index contributed by atoms with van der Waals surface area (Å²) < 4.78 is 36.4. The maximum atomic E-state index is 12.7. The maximum Gasteiger partial charge on any atom is 0.360 e. The van der Waals surface area contributed by atoms with Crippen LogP contribution in [0.4, 0.5) is 0 Å². The lowest BCUT2D eigenvalue weighted by Crippen LogP contribution is -2.31. The van der Waals surface area contributed by atoms with Crippen molar-refractivity contribution >= 4 is 16.0 Å². The molecule has 1 aromatic heterocycles. The van der Waals surface area contributed by atoms with E-state index in [2.05, 4.69) is 9.72 Å². The molecule has 0 bridgehead atoms. The Morgan fingerprint density at radius 2 is 2.00 bits per heavy atom. The molecule has 1 heterocycles. The zero-order valence-electron chi connectivity index (χ0n) is 12.9. The minimum atomic E-state index is -3.66. The molecule has 7 nitrogen and oxygen atoms in total. The fourth-order valence-corrected chi connectivity index (χ4v) is 3.51. The van der Waals surface area contributed by atoms with Gasteiger partial charge in [-0.2, -0.15) is 4.31 Å². The van der Waals surface area contributed by atoms with Gasteiger partial charge in [0.2, 0.25) is 15.9 Å². The van der Waals surface area contributed by atoms with Gasteiger partial charge in [0, 0.05) is 6.54 Å². The van der Waals surface area contributed by atoms with Crippen LogP contribution < -0.4 is 0 Å². The molecule has 8 heteroatoms. The first-order valence-corrected chi connectivity index (χ1v) is 8.51. The number of ether oxygens (including phenoxy) is 1. The van der Waals surface area contributed by atoms with E-state index in [1.165, 1.54) is 23.5 Å². The number of esters is 1. The van der Waals surface area contributed by atoms with Gasteiger partial charge in [-0.15, -0.1) is 0 Å². The average Bonchev–Trinajstić information content (AvgIpc) is 3.03. The van der Waals surface area contributed by atoms with E-state index in [9.17, 15) is 13.2 Å². The van der Waals surface area contributed by atoms with Crippen molar-refractivity contribution in [3.63, 3.8) is 0 Å². The van der Waals surface area contributed by atoms with Gasteiger partial charge in [-0.05, 0) is 18.6 Å². The summed E-state index contributed by atoms with van der Waals surface area (Å²) in [5, 5.41) is 0. The topological polar surface area (TPSA) is 89.7 Å². The third-order valence-electron chi connectivity index (χ3n) is 3.11. The van der Waals surface area contributed by atoms with Crippen molar-refractivity contribution in [1.29, 1.82) is 0 Å². The Labute approximate surface area is 134 Å². The molecule has 2 aromatic rings.